The number of aryl methyl sites for hydroxylation is 4. The van der Waals surface area contributed by atoms with Crippen LogP contribution in [0.4, 0.5) is 0 Å². The lowest BCUT2D eigenvalue weighted by Gasteiger charge is -2.28. The first-order valence-corrected chi connectivity index (χ1v) is 25.2. The van der Waals surface area contributed by atoms with Crippen molar-refractivity contribution in [3.05, 3.63) is 115 Å². The van der Waals surface area contributed by atoms with Crippen LogP contribution < -0.4 is 18.9 Å². The Balaban J connectivity index is 1.85. The van der Waals surface area contributed by atoms with Gasteiger partial charge in [-0.2, -0.15) is 0 Å². The van der Waals surface area contributed by atoms with Gasteiger partial charge in [-0.1, -0.05) is 159 Å². The van der Waals surface area contributed by atoms with Gasteiger partial charge in [-0.25, -0.2) is 0 Å². The van der Waals surface area contributed by atoms with E-state index in [-0.39, 0.29) is 21.7 Å². The zero-order valence-electron chi connectivity index (χ0n) is 43.6. The monoisotopic (exact) mass is 873 g/mol. The first kappa shape index (κ1) is 51.1. The van der Waals surface area contributed by atoms with Gasteiger partial charge in [-0.3, -0.25) is 0 Å². The normalized spacial score (nSPS) is 14.2. The van der Waals surface area contributed by atoms with Crippen molar-refractivity contribution in [1.82, 2.24) is 0 Å². The third kappa shape index (κ3) is 13.1. The summed E-state index contributed by atoms with van der Waals surface area (Å²) < 4.78 is 27.6. The molecule has 352 valence electrons. The molecular formula is C60H88O4. The summed E-state index contributed by atoms with van der Waals surface area (Å²) in [5.74, 6) is 4.25. The van der Waals surface area contributed by atoms with E-state index in [9.17, 15) is 0 Å². The van der Waals surface area contributed by atoms with Crippen molar-refractivity contribution in [2.45, 2.75) is 209 Å². The summed E-state index contributed by atoms with van der Waals surface area (Å²) in [6.07, 6.45) is 11.0. The van der Waals surface area contributed by atoms with E-state index in [1.807, 2.05) is 0 Å². The fraction of sp³-hybridized carbons (Fsp3) is 0.600. The Morgan fingerprint density at radius 2 is 0.500 bits per heavy atom. The van der Waals surface area contributed by atoms with E-state index in [0.29, 0.717) is 26.4 Å². The second-order valence-corrected chi connectivity index (χ2v) is 22.9. The lowest BCUT2D eigenvalue weighted by molar-refractivity contribution is 0.305. The minimum absolute atomic E-state index is 0.0277. The summed E-state index contributed by atoms with van der Waals surface area (Å²) in [5, 5.41) is 0. The van der Waals surface area contributed by atoms with E-state index < -0.39 is 0 Å². The lowest BCUT2D eigenvalue weighted by atomic mass is 9.80. The van der Waals surface area contributed by atoms with Gasteiger partial charge in [0, 0.05) is 12.8 Å². The summed E-state index contributed by atoms with van der Waals surface area (Å²) in [4.78, 5) is 0. The van der Waals surface area contributed by atoms with Crippen LogP contribution in [0, 0.1) is 0 Å². The van der Waals surface area contributed by atoms with Gasteiger partial charge < -0.3 is 18.9 Å². The molecule has 0 spiro atoms. The van der Waals surface area contributed by atoms with Crippen molar-refractivity contribution in [3.63, 3.8) is 0 Å². The quantitative estimate of drug-likeness (QED) is 0.142. The summed E-state index contributed by atoms with van der Waals surface area (Å²) >= 11 is 0. The summed E-state index contributed by atoms with van der Waals surface area (Å²) in [6, 6.07) is 19.6. The Hall–Kier alpha value is -3.92. The van der Waals surface area contributed by atoms with Gasteiger partial charge in [0.05, 0.1) is 26.4 Å². The molecule has 1 aliphatic rings. The molecule has 0 unspecified atom stereocenters. The van der Waals surface area contributed by atoms with Crippen molar-refractivity contribution < 1.29 is 18.9 Å². The highest BCUT2D eigenvalue weighted by molar-refractivity contribution is 5.56. The molecule has 4 nitrogen and oxygen atoms in total. The first-order valence-electron chi connectivity index (χ1n) is 25.2. The highest BCUT2D eigenvalue weighted by atomic mass is 16.5. The van der Waals surface area contributed by atoms with Gasteiger partial charge in [0.15, 0.2) is 0 Å². The van der Waals surface area contributed by atoms with Gasteiger partial charge in [-0.15, -0.1) is 0 Å². The van der Waals surface area contributed by atoms with E-state index in [1.54, 1.807) is 0 Å². The number of rotatable bonds is 12. The number of hydrogen-bond acceptors (Lipinski definition) is 4. The van der Waals surface area contributed by atoms with Crippen LogP contribution in [-0.2, 0) is 60.2 Å². The van der Waals surface area contributed by atoms with Crippen LogP contribution in [0.1, 0.15) is 216 Å². The second kappa shape index (κ2) is 21.6. The lowest BCUT2D eigenvalue weighted by Crippen LogP contribution is -2.17. The average Bonchev–Trinajstić information content (AvgIpc) is 3.20. The SMILES string of the molecule is CCCOc1c2cc(C(C)(C)C)cc1Cc1cc(C(C)(C)C)cc(c1OCCC)CCCc1cc(C(C)(C)C)cc(c1OCCC)Cc1cc(C(C)(C)C)cc(c1OCCC)CCC2. The van der Waals surface area contributed by atoms with Gasteiger partial charge in [0.2, 0.25) is 0 Å². The molecule has 4 heteroatoms. The maximum Gasteiger partial charge on any atom is 0.126 e. The minimum Gasteiger partial charge on any atom is -0.493 e. The summed E-state index contributed by atoms with van der Waals surface area (Å²) in [6.45, 7) is 39.7. The molecular weight excluding hydrogens is 785 g/mol. The fourth-order valence-electron chi connectivity index (χ4n) is 8.92. The second-order valence-electron chi connectivity index (χ2n) is 22.9. The third-order valence-corrected chi connectivity index (χ3v) is 12.8. The number of ether oxygens (including phenoxy) is 4. The van der Waals surface area contributed by atoms with E-state index >= 15 is 0 Å². The highest BCUT2D eigenvalue weighted by Crippen LogP contribution is 2.42. The first-order chi connectivity index (χ1) is 30.1. The largest absolute Gasteiger partial charge is 0.493 e. The van der Waals surface area contributed by atoms with Crippen molar-refractivity contribution in [3.8, 4) is 23.0 Å². The number of benzene rings is 4. The molecule has 64 heavy (non-hydrogen) atoms. The molecule has 0 amide bonds. The molecule has 1 aliphatic carbocycles. The Morgan fingerprint density at radius 3 is 0.672 bits per heavy atom. The molecule has 8 bridgehead atoms. The van der Waals surface area contributed by atoms with Gasteiger partial charge in [0.1, 0.15) is 23.0 Å². The molecule has 0 N–H and O–H groups in total. The van der Waals surface area contributed by atoms with E-state index in [1.165, 1.54) is 66.8 Å². The van der Waals surface area contributed by atoms with E-state index in [4.69, 9.17) is 18.9 Å². The molecule has 4 aromatic rings. The number of hydrogen-bond donors (Lipinski definition) is 0. The van der Waals surface area contributed by atoms with Crippen molar-refractivity contribution in [2.24, 2.45) is 0 Å². The van der Waals surface area contributed by atoms with Gasteiger partial charge in [0.25, 0.3) is 0 Å². The molecule has 0 aliphatic heterocycles. The zero-order valence-corrected chi connectivity index (χ0v) is 43.6. The van der Waals surface area contributed by atoms with Crippen molar-refractivity contribution in [2.75, 3.05) is 26.4 Å². The maximum atomic E-state index is 6.89. The van der Waals surface area contributed by atoms with Gasteiger partial charge >= 0.3 is 0 Å². The molecule has 0 atom stereocenters. The predicted octanol–water partition coefficient (Wildman–Crippen LogP) is 15.9. The molecule has 0 radical (unpaired) electrons. The highest BCUT2D eigenvalue weighted by Gasteiger charge is 2.27. The van der Waals surface area contributed by atoms with Crippen LogP contribution in [0.5, 0.6) is 23.0 Å². The van der Waals surface area contributed by atoms with Gasteiger partial charge in [-0.05, 0) is 153 Å². The zero-order chi connectivity index (χ0) is 47.0. The Kier molecular flexibility index (Phi) is 17.2. The Bertz CT molecular complexity index is 1850. The number of fused-ring (bicyclic) bond motifs is 8. The van der Waals surface area contributed by atoms with Crippen molar-refractivity contribution in [1.29, 1.82) is 0 Å². The fourth-order valence-corrected chi connectivity index (χ4v) is 8.92. The molecule has 5 rings (SSSR count). The topological polar surface area (TPSA) is 36.9 Å². The maximum absolute atomic E-state index is 6.89. The standard InChI is InChI=1S/C60H88O4/c1-17-27-61-53-41-23-21-24-42-34-51(59(11,12)13)39-47(55(42)63-29-19-3)32-48-40-52(60(14,15)16)36-44(56(48)64-30-20-4)26-22-25-43-35-50(58(8,9)10)38-46(54(43)62-28-18-2)31-45(53)37-49(33-41)57(5,6)7/h33-40H,17-32H2,1-16H3. The third-order valence-electron chi connectivity index (χ3n) is 12.8. The van der Waals surface area contributed by atoms with Crippen LogP contribution >= 0.6 is 0 Å². The smallest absolute Gasteiger partial charge is 0.126 e. The van der Waals surface area contributed by atoms with Crippen LogP contribution in [0.3, 0.4) is 0 Å². The van der Waals surface area contributed by atoms with Crippen LogP contribution in [0.15, 0.2) is 48.5 Å². The predicted molar refractivity (Wildman–Crippen MR) is 273 cm³/mol. The van der Waals surface area contributed by atoms with E-state index in [0.717, 1.165) is 100 Å². The molecule has 0 saturated heterocycles. The van der Waals surface area contributed by atoms with E-state index in [2.05, 4.69) is 159 Å². The Labute approximate surface area is 391 Å². The molecule has 0 saturated carbocycles. The minimum atomic E-state index is -0.0277. The van der Waals surface area contributed by atoms with Crippen LogP contribution in [-0.4, -0.2) is 26.4 Å². The summed E-state index contributed by atoms with van der Waals surface area (Å²) in [5.41, 5.74) is 15.6. The molecule has 0 fully saturated rings. The summed E-state index contributed by atoms with van der Waals surface area (Å²) in [7, 11) is 0. The molecule has 4 aromatic carbocycles. The van der Waals surface area contributed by atoms with Crippen molar-refractivity contribution >= 4 is 0 Å². The molecule has 0 aromatic heterocycles. The van der Waals surface area contributed by atoms with Crippen LogP contribution in [0.25, 0.3) is 0 Å². The average molecular weight is 873 g/mol. The molecule has 0 heterocycles. The van der Waals surface area contributed by atoms with Crippen LogP contribution in [0.2, 0.25) is 0 Å². The Morgan fingerprint density at radius 1 is 0.312 bits per heavy atom.